The van der Waals surface area contributed by atoms with Crippen LogP contribution in [-0.4, -0.2) is 19.0 Å². The number of rotatable bonds is 2. The molecule has 1 aromatic carbocycles. The predicted molar refractivity (Wildman–Crippen MR) is 73.3 cm³/mol. The molecule has 0 unspecified atom stereocenters. The van der Waals surface area contributed by atoms with Gasteiger partial charge < -0.3 is 10.6 Å². The Morgan fingerprint density at radius 3 is 2.81 bits per heavy atom. The summed E-state index contributed by atoms with van der Waals surface area (Å²) in [5, 5.41) is 6.24. The first kappa shape index (κ1) is 11.9. The highest BCUT2D eigenvalue weighted by Crippen LogP contribution is 2.21. The van der Waals surface area contributed by atoms with Gasteiger partial charge in [-0.15, -0.1) is 0 Å². The lowest BCUT2D eigenvalue weighted by Crippen LogP contribution is -2.28. The second-order valence-electron chi connectivity index (χ2n) is 4.21. The zero-order valence-corrected chi connectivity index (χ0v) is 11.3. The highest BCUT2D eigenvalue weighted by Gasteiger charge is 2.29. The molecule has 2 rings (SSSR count). The average Bonchev–Trinajstić information content (AvgIpc) is 2.68. The van der Waals surface area contributed by atoms with Crippen LogP contribution in [-0.2, 0) is 4.79 Å². The minimum Gasteiger partial charge on any atom is -0.325 e. The molecule has 1 aliphatic rings. The van der Waals surface area contributed by atoms with Crippen molar-refractivity contribution >= 4 is 34.2 Å². The Hall–Kier alpha value is -0.620. The Morgan fingerprint density at radius 2 is 2.19 bits per heavy atom. The van der Waals surface area contributed by atoms with Crippen LogP contribution in [0, 0.1) is 15.4 Å². The number of halogens is 1. The first-order valence-electron chi connectivity index (χ1n) is 5.44. The summed E-state index contributed by atoms with van der Waals surface area (Å²) in [6.07, 6.45) is 0. The fourth-order valence-electron chi connectivity index (χ4n) is 1.95. The summed E-state index contributed by atoms with van der Waals surface area (Å²) in [6, 6.07) is 7.84. The number of carbonyl (C=O) groups is 1. The van der Waals surface area contributed by atoms with Gasteiger partial charge in [0.25, 0.3) is 0 Å². The molecule has 0 spiro atoms. The van der Waals surface area contributed by atoms with Crippen molar-refractivity contribution in [3.8, 4) is 0 Å². The number of hydrogen-bond acceptors (Lipinski definition) is 2. The molecule has 0 radical (unpaired) electrons. The van der Waals surface area contributed by atoms with Gasteiger partial charge in [-0.2, -0.15) is 0 Å². The van der Waals surface area contributed by atoms with Gasteiger partial charge in [0.05, 0.1) is 11.6 Å². The summed E-state index contributed by atoms with van der Waals surface area (Å²) in [6.45, 7) is 3.83. The Labute approximate surface area is 109 Å². The molecule has 16 heavy (non-hydrogen) atoms. The predicted octanol–water partition coefficient (Wildman–Crippen LogP) is 2.09. The van der Waals surface area contributed by atoms with Gasteiger partial charge >= 0.3 is 0 Å². The maximum atomic E-state index is 12.0. The molecule has 1 amide bonds. The summed E-state index contributed by atoms with van der Waals surface area (Å²) in [4.78, 5) is 12.0. The molecule has 1 aromatic rings. The molecule has 2 N–H and O–H groups in total. The van der Waals surface area contributed by atoms with Crippen molar-refractivity contribution in [1.29, 1.82) is 0 Å². The molecule has 0 aromatic heterocycles. The molecule has 1 fully saturated rings. The Kier molecular flexibility index (Phi) is 3.81. The molecular formula is C12H15IN2O. The standard InChI is InChI=1S/C12H15IN2O/c1-8-6-14-7-9(8)12(16)15-11-5-3-2-4-10(11)13/h2-5,8-9,14H,6-7H2,1H3,(H,15,16)/t8-,9-/m1/s1. The number of hydrogen-bond donors (Lipinski definition) is 2. The van der Waals surface area contributed by atoms with Crippen molar-refractivity contribution in [2.45, 2.75) is 6.92 Å². The zero-order chi connectivity index (χ0) is 11.5. The molecule has 86 valence electrons. The molecule has 0 saturated carbocycles. The van der Waals surface area contributed by atoms with E-state index in [4.69, 9.17) is 0 Å². The van der Waals surface area contributed by atoms with Crippen LogP contribution < -0.4 is 10.6 Å². The van der Waals surface area contributed by atoms with Crippen LogP contribution in [0.5, 0.6) is 0 Å². The maximum absolute atomic E-state index is 12.0. The second-order valence-corrected chi connectivity index (χ2v) is 5.37. The summed E-state index contributed by atoms with van der Waals surface area (Å²) < 4.78 is 1.08. The third kappa shape index (κ3) is 2.55. The van der Waals surface area contributed by atoms with Crippen LogP contribution in [0.4, 0.5) is 5.69 Å². The molecule has 0 aliphatic carbocycles. The van der Waals surface area contributed by atoms with E-state index in [9.17, 15) is 4.79 Å². The Balaban J connectivity index is 2.05. The minimum absolute atomic E-state index is 0.0935. The van der Waals surface area contributed by atoms with Gasteiger partial charge in [-0.1, -0.05) is 19.1 Å². The molecule has 4 heteroatoms. The third-order valence-electron chi connectivity index (χ3n) is 2.99. The van der Waals surface area contributed by atoms with Crippen LogP contribution in [0.25, 0.3) is 0 Å². The molecule has 1 saturated heterocycles. The van der Waals surface area contributed by atoms with Crippen molar-refractivity contribution < 1.29 is 4.79 Å². The summed E-state index contributed by atoms with van der Waals surface area (Å²) in [5.74, 6) is 0.638. The summed E-state index contributed by atoms with van der Waals surface area (Å²) in [5.41, 5.74) is 0.909. The first-order valence-corrected chi connectivity index (χ1v) is 6.52. The normalized spacial score (nSPS) is 24.4. The van der Waals surface area contributed by atoms with Gasteiger partial charge in [-0.05, 0) is 47.2 Å². The summed E-state index contributed by atoms with van der Waals surface area (Å²) in [7, 11) is 0. The van der Waals surface area contributed by atoms with Gasteiger partial charge in [0.1, 0.15) is 0 Å². The summed E-state index contributed by atoms with van der Waals surface area (Å²) >= 11 is 2.23. The fraction of sp³-hybridized carbons (Fsp3) is 0.417. The third-order valence-corrected chi connectivity index (χ3v) is 3.93. The zero-order valence-electron chi connectivity index (χ0n) is 9.16. The molecule has 1 heterocycles. The quantitative estimate of drug-likeness (QED) is 0.816. The first-order chi connectivity index (χ1) is 7.68. The molecule has 0 bridgehead atoms. The Bertz CT molecular complexity index is 394. The maximum Gasteiger partial charge on any atom is 0.229 e. The lowest BCUT2D eigenvalue weighted by atomic mass is 9.97. The molecule has 2 atom stereocenters. The number of anilines is 1. The van der Waals surface area contributed by atoms with E-state index in [1.54, 1.807) is 0 Å². The van der Waals surface area contributed by atoms with E-state index in [-0.39, 0.29) is 11.8 Å². The van der Waals surface area contributed by atoms with E-state index >= 15 is 0 Å². The van der Waals surface area contributed by atoms with Gasteiger partial charge in [-0.25, -0.2) is 0 Å². The largest absolute Gasteiger partial charge is 0.325 e. The second kappa shape index (κ2) is 5.14. The minimum atomic E-state index is 0.0935. The number of benzene rings is 1. The van der Waals surface area contributed by atoms with Crippen LogP contribution in [0.3, 0.4) is 0 Å². The van der Waals surface area contributed by atoms with Crippen LogP contribution in [0.15, 0.2) is 24.3 Å². The van der Waals surface area contributed by atoms with Crippen molar-refractivity contribution in [1.82, 2.24) is 5.32 Å². The smallest absolute Gasteiger partial charge is 0.229 e. The SMILES string of the molecule is C[C@@H]1CNC[C@H]1C(=O)Nc1ccccc1I. The highest BCUT2D eigenvalue weighted by molar-refractivity contribution is 14.1. The molecular weight excluding hydrogens is 315 g/mol. The van der Waals surface area contributed by atoms with Crippen LogP contribution >= 0.6 is 22.6 Å². The van der Waals surface area contributed by atoms with E-state index in [0.29, 0.717) is 5.92 Å². The molecule has 1 aliphatic heterocycles. The van der Waals surface area contributed by atoms with Gasteiger partial charge in [0.2, 0.25) is 5.91 Å². The van der Waals surface area contributed by atoms with Crippen molar-refractivity contribution in [2.75, 3.05) is 18.4 Å². The monoisotopic (exact) mass is 330 g/mol. The molecule has 3 nitrogen and oxygen atoms in total. The average molecular weight is 330 g/mol. The van der Waals surface area contributed by atoms with E-state index in [1.807, 2.05) is 24.3 Å². The van der Waals surface area contributed by atoms with Crippen molar-refractivity contribution in [2.24, 2.45) is 11.8 Å². The lowest BCUT2D eigenvalue weighted by Gasteiger charge is -2.14. The van der Waals surface area contributed by atoms with Gasteiger partial charge in [-0.3, -0.25) is 4.79 Å². The van der Waals surface area contributed by atoms with Crippen LogP contribution in [0.1, 0.15) is 6.92 Å². The van der Waals surface area contributed by atoms with E-state index in [2.05, 4.69) is 40.1 Å². The van der Waals surface area contributed by atoms with E-state index in [0.717, 1.165) is 22.3 Å². The number of nitrogens with one attached hydrogen (secondary N) is 2. The number of para-hydroxylation sites is 1. The van der Waals surface area contributed by atoms with Crippen molar-refractivity contribution in [3.63, 3.8) is 0 Å². The van der Waals surface area contributed by atoms with Crippen LogP contribution in [0.2, 0.25) is 0 Å². The van der Waals surface area contributed by atoms with E-state index < -0.39 is 0 Å². The fourth-order valence-corrected chi connectivity index (χ4v) is 2.47. The number of carbonyl (C=O) groups excluding carboxylic acids is 1. The van der Waals surface area contributed by atoms with Crippen molar-refractivity contribution in [3.05, 3.63) is 27.8 Å². The van der Waals surface area contributed by atoms with Gasteiger partial charge in [0, 0.05) is 10.1 Å². The number of amides is 1. The lowest BCUT2D eigenvalue weighted by molar-refractivity contribution is -0.120. The van der Waals surface area contributed by atoms with E-state index in [1.165, 1.54) is 0 Å². The topological polar surface area (TPSA) is 41.1 Å². The Morgan fingerprint density at radius 1 is 1.44 bits per heavy atom. The van der Waals surface area contributed by atoms with Gasteiger partial charge in [0.15, 0.2) is 0 Å². The highest BCUT2D eigenvalue weighted by atomic mass is 127.